The number of nitrogens with two attached hydrogens (primary N) is 1. The lowest BCUT2D eigenvalue weighted by Crippen LogP contribution is -2.12. The van der Waals surface area contributed by atoms with Crippen LogP contribution in [0.15, 0.2) is 24.5 Å². The van der Waals surface area contributed by atoms with E-state index in [1.54, 1.807) is 6.33 Å². The van der Waals surface area contributed by atoms with Gasteiger partial charge in [-0.3, -0.25) is 0 Å². The molecule has 0 atom stereocenters. The summed E-state index contributed by atoms with van der Waals surface area (Å²) >= 11 is 0. The highest BCUT2D eigenvalue weighted by atomic mass is 16.5. The van der Waals surface area contributed by atoms with Crippen molar-refractivity contribution in [2.45, 2.75) is 20.3 Å². The number of anilines is 2. The van der Waals surface area contributed by atoms with Gasteiger partial charge in [0, 0.05) is 24.2 Å². The standard InChI is InChI=1S/C15H22N4O/c1-11(2)5-7-20-8-6-17-15-13-9-12(16)3-4-14(13)18-10-19-15/h3-4,9-11H,5-8,16H2,1-2H3,(H,17,18,19). The molecule has 0 amide bonds. The van der Waals surface area contributed by atoms with Crippen LogP contribution in [0, 0.1) is 5.92 Å². The molecule has 5 nitrogen and oxygen atoms in total. The molecule has 0 saturated heterocycles. The van der Waals surface area contributed by atoms with Crippen molar-refractivity contribution in [1.29, 1.82) is 0 Å². The summed E-state index contributed by atoms with van der Waals surface area (Å²) in [5, 5.41) is 4.21. The van der Waals surface area contributed by atoms with E-state index < -0.39 is 0 Å². The summed E-state index contributed by atoms with van der Waals surface area (Å²) < 4.78 is 5.57. The molecule has 5 heteroatoms. The maximum Gasteiger partial charge on any atom is 0.137 e. The second kappa shape index (κ2) is 7.05. The highest BCUT2D eigenvalue weighted by Gasteiger charge is 2.03. The Balaban J connectivity index is 1.88. The first-order chi connectivity index (χ1) is 9.66. The number of nitrogen functional groups attached to an aromatic ring is 1. The normalized spacial score (nSPS) is 11.2. The van der Waals surface area contributed by atoms with Crippen LogP contribution >= 0.6 is 0 Å². The molecule has 1 aromatic carbocycles. The number of hydrogen-bond acceptors (Lipinski definition) is 5. The molecule has 0 unspecified atom stereocenters. The Bertz CT molecular complexity index is 557. The van der Waals surface area contributed by atoms with Crippen LogP contribution in [-0.2, 0) is 4.74 Å². The lowest BCUT2D eigenvalue weighted by Gasteiger charge is -2.10. The van der Waals surface area contributed by atoms with Crippen molar-refractivity contribution in [3.05, 3.63) is 24.5 Å². The molecule has 0 aliphatic heterocycles. The molecule has 0 spiro atoms. The minimum absolute atomic E-state index is 0.667. The van der Waals surface area contributed by atoms with Gasteiger partial charge in [0.05, 0.1) is 12.1 Å². The van der Waals surface area contributed by atoms with Crippen molar-refractivity contribution in [2.24, 2.45) is 5.92 Å². The Morgan fingerprint density at radius 2 is 2.10 bits per heavy atom. The molecule has 1 aromatic heterocycles. The number of aromatic nitrogens is 2. The second-order valence-electron chi connectivity index (χ2n) is 5.22. The first-order valence-electron chi connectivity index (χ1n) is 6.98. The Morgan fingerprint density at radius 3 is 2.90 bits per heavy atom. The summed E-state index contributed by atoms with van der Waals surface area (Å²) in [6.07, 6.45) is 2.65. The molecule has 0 saturated carbocycles. The number of nitrogens with zero attached hydrogens (tertiary/aromatic N) is 2. The van der Waals surface area contributed by atoms with Crippen LogP contribution in [0.1, 0.15) is 20.3 Å². The van der Waals surface area contributed by atoms with E-state index >= 15 is 0 Å². The van der Waals surface area contributed by atoms with E-state index in [0.717, 1.165) is 36.3 Å². The summed E-state index contributed by atoms with van der Waals surface area (Å²) in [7, 11) is 0. The number of nitrogens with one attached hydrogen (secondary N) is 1. The van der Waals surface area contributed by atoms with Crippen molar-refractivity contribution in [3.8, 4) is 0 Å². The molecule has 2 rings (SSSR count). The zero-order valence-corrected chi connectivity index (χ0v) is 12.1. The third-order valence-electron chi connectivity index (χ3n) is 3.04. The van der Waals surface area contributed by atoms with Crippen LogP contribution < -0.4 is 11.1 Å². The zero-order chi connectivity index (χ0) is 14.4. The SMILES string of the molecule is CC(C)CCOCCNc1ncnc2ccc(N)cc12. The Hall–Kier alpha value is -1.88. The number of fused-ring (bicyclic) bond motifs is 1. The van der Waals surface area contributed by atoms with E-state index in [2.05, 4.69) is 29.1 Å². The minimum Gasteiger partial charge on any atom is -0.399 e. The summed E-state index contributed by atoms with van der Waals surface area (Å²) in [5.74, 6) is 1.48. The Kier molecular flexibility index (Phi) is 5.12. The maximum atomic E-state index is 5.81. The highest BCUT2D eigenvalue weighted by Crippen LogP contribution is 2.21. The van der Waals surface area contributed by atoms with Gasteiger partial charge in [0.25, 0.3) is 0 Å². The number of benzene rings is 1. The van der Waals surface area contributed by atoms with E-state index in [4.69, 9.17) is 10.5 Å². The molecule has 0 bridgehead atoms. The smallest absolute Gasteiger partial charge is 0.137 e. The van der Waals surface area contributed by atoms with Gasteiger partial charge in [0.1, 0.15) is 12.1 Å². The maximum absolute atomic E-state index is 5.81. The molecular weight excluding hydrogens is 252 g/mol. The fraction of sp³-hybridized carbons (Fsp3) is 0.467. The fourth-order valence-corrected chi connectivity index (χ4v) is 1.88. The van der Waals surface area contributed by atoms with Gasteiger partial charge in [-0.05, 0) is 30.5 Å². The predicted molar refractivity (Wildman–Crippen MR) is 82.7 cm³/mol. The van der Waals surface area contributed by atoms with Crippen LogP contribution in [0.2, 0.25) is 0 Å². The highest BCUT2D eigenvalue weighted by molar-refractivity contribution is 5.91. The molecule has 20 heavy (non-hydrogen) atoms. The predicted octanol–water partition coefficient (Wildman–Crippen LogP) is 2.69. The number of hydrogen-bond donors (Lipinski definition) is 2. The zero-order valence-electron chi connectivity index (χ0n) is 12.1. The van der Waals surface area contributed by atoms with E-state index in [1.807, 2.05) is 18.2 Å². The van der Waals surface area contributed by atoms with Gasteiger partial charge in [0.2, 0.25) is 0 Å². The van der Waals surface area contributed by atoms with Crippen LogP contribution in [0.5, 0.6) is 0 Å². The first-order valence-corrected chi connectivity index (χ1v) is 6.98. The van der Waals surface area contributed by atoms with Crippen molar-refractivity contribution in [1.82, 2.24) is 9.97 Å². The molecule has 0 aliphatic rings. The van der Waals surface area contributed by atoms with Gasteiger partial charge in [-0.2, -0.15) is 0 Å². The largest absolute Gasteiger partial charge is 0.399 e. The van der Waals surface area contributed by atoms with Gasteiger partial charge in [0.15, 0.2) is 0 Å². The summed E-state index contributed by atoms with van der Waals surface area (Å²) in [5.41, 5.74) is 7.41. The van der Waals surface area contributed by atoms with E-state index in [1.165, 1.54) is 0 Å². The molecule has 108 valence electrons. The average Bonchev–Trinajstić information content (AvgIpc) is 2.42. The molecule has 3 N–H and O–H groups in total. The molecule has 2 aromatic rings. The first kappa shape index (κ1) is 14.5. The van der Waals surface area contributed by atoms with Crippen molar-refractivity contribution in [2.75, 3.05) is 30.8 Å². The van der Waals surface area contributed by atoms with E-state index in [9.17, 15) is 0 Å². The third-order valence-corrected chi connectivity index (χ3v) is 3.04. The minimum atomic E-state index is 0.667. The van der Waals surface area contributed by atoms with Gasteiger partial charge in [-0.25, -0.2) is 9.97 Å². The van der Waals surface area contributed by atoms with E-state index in [0.29, 0.717) is 18.2 Å². The number of rotatable bonds is 7. The quantitative estimate of drug-likeness (QED) is 0.600. The molecule has 1 heterocycles. The molecule has 0 aliphatic carbocycles. The third kappa shape index (κ3) is 4.06. The lowest BCUT2D eigenvalue weighted by molar-refractivity contribution is 0.132. The van der Waals surface area contributed by atoms with Gasteiger partial charge in [-0.1, -0.05) is 13.8 Å². The van der Waals surface area contributed by atoms with Gasteiger partial charge in [-0.15, -0.1) is 0 Å². The topological polar surface area (TPSA) is 73.1 Å². The number of ether oxygens (including phenoxy) is 1. The lowest BCUT2D eigenvalue weighted by atomic mass is 10.1. The Labute approximate surface area is 119 Å². The van der Waals surface area contributed by atoms with Crippen molar-refractivity contribution in [3.63, 3.8) is 0 Å². The molecule has 0 radical (unpaired) electrons. The van der Waals surface area contributed by atoms with Crippen LogP contribution in [0.4, 0.5) is 11.5 Å². The van der Waals surface area contributed by atoms with Crippen molar-refractivity contribution >= 4 is 22.4 Å². The molecular formula is C15H22N4O. The fourth-order valence-electron chi connectivity index (χ4n) is 1.88. The Morgan fingerprint density at radius 1 is 1.25 bits per heavy atom. The molecule has 0 fully saturated rings. The second-order valence-corrected chi connectivity index (χ2v) is 5.22. The van der Waals surface area contributed by atoms with Crippen LogP contribution in [0.3, 0.4) is 0 Å². The van der Waals surface area contributed by atoms with Gasteiger partial charge >= 0.3 is 0 Å². The average molecular weight is 274 g/mol. The van der Waals surface area contributed by atoms with Crippen LogP contribution in [0.25, 0.3) is 10.9 Å². The van der Waals surface area contributed by atoms with Crippen LogP contribution in [-0.4, -0.2) is 29.7 Å². The van der Waals surface area contributed by atoms with Gasteiger partial charge < -0.3 is 15.8 Å². The summed E-state index contributed by atoms with van der Waals surface area (Å²) in [6.45, 7) is 6.58. The summed E-state index contributed by atoms with van der Waals surface area (Å²) in [6, 6.07) is 5.63. The van der Waals surface area contributed by atoms with Crippen molar-refractivity contribution < 1.29 is 4.74 Å². The monoisotopic (exact) mass is 274 g/mol. The van der Waals surface area contributed by atoms with E-state index in [-0.39, 0.29) is 0 Å². The summed E-state index contributed by atoms with van der Waals surface area (Å²) in [4.78, 5) is 8.48.